The average molecular weight is 364 g/mol. The van der Waals surface area contributed by atoms with E-state index in [2.05, 4.69) is 133 Å². The Kier molecular flexibility index (Phi) is 5.11. The van der Waals surface area contributed by atoms with Crippen molar-refractivity contribution in [3.05, 3.63) is 109 Å². The summed E-state index contributed by atoms with van der Waals surface area (Å²) >= 11 is 0. The van der Waals surface area contributed by atoms with Gasteiger partial charge in [-0.2, -0.15) is 0 Å². The van der Waals surface area contributed by atoms with Crippen LogP contribution < -0.4 is 9.80 Å². The molecular weight excluding hydrogens is 340 g/mol. The summed E-state index contributed by atoms with van der Waals surface area (Å²) in [5.41, 5.74) is 7.07. The molecule has 4 rings (SSSR count). The van der Waals surface area contributed by atoms with Gasteiger partial charge in [-0.25, -0.2) is 0 Å². The van der Waals surface area contributed by atoms with Crippen LogP contribution in [0.25, 0.3) is 11.1 Å². The van der Waals surface area contributed by atoms with E-state index in [0.717, 1.165) is 17.1 Å². The van der Waals surface area contributed by atoms with Gasteiger partial charge in [0.05, 0.1) is 5.69 Å². The van der Waals surface area contributed by atoms with Crippen LogP contribution in [0, 0.1) is 0 Å². The fourth-order valence-electron chi connectivity index (χ4n) is 3.57. The van der Waals surface area contributed by atoms with E-state index >= 15 is 0 Å². The van der Waals surface area contributed by atoms with Crippen molar-refractivity contribution in [1.29, 1.82) is 0 Å². The zero-order valence-electron chi connectivity index (χ0n) is 16.3. The third-order valence-electron chi connectivity index (χ3n) is 4.83. The van der Waals surface area contributed by atoms with Crippen molar-refractivity contribution in [2.45, 2.75) is 0 Å². The number of hydrogen-bond acceptors (Lipinski definition) is 2. The second-order valence-electron chi connectivity index (χ2n) is 6.94. The van der Waals surface area contributed by atoms with E-state index in [1.165, 1.54) is 16.8 Å². The zero-order chi connectivity index (χ0) is 19.3. The standard InChI is InChI=1S/C26H24N2/c1-27(2)24-19-12-20-25(26(24)21-13-6-3-7-14-21)28(22-15-8-4-9-16-22)23-17-10-5-11-18-23/h3-20H,1-2H3. The van der Waals surface area contributed by atoms with E-state index in [1.54, 1.807) is 0 Å². The fraction of sp³-hybridized carbons (Fsp3) is 0.0769. The molecule has 0 aliphatic rings. The minimum Gasteiger partial charge on any atom is -0.377 e. The van der Waals surface area contributed by atoms with Crippen LogP contribution in [-0.2, 0) is 0 Å². The molecule has 0 aromatic heterocycles. The molecule has 28 heavy (non-hydrogen) atoms. The van der Waals surface area contributed by atoms with Gasteiger partial charge in [0.25, 0.3) is 0 Å². The van der Waals surface area contributed by atoms with Crippen molar-refractivity contribution in [3.8, 4) is 11.1 Å². The summed E-state index contributed by atoms with van der Waals surface area (Å²) < 4.78 is 0. The van der Waals surface area contributed by atoms with Crippen LogP contribution in [-0.4, -0.2) is 14.1 Å². The molecule has 138 valence electrons. The summed E-state index contributed by atoms with van der Waals surface area (Å²) in [5, 5.41) is 0. The summed E-state index contributed by atoms with van der Waals surface area (Å²) in [6.07, 6.45) is 0. The number of rotatable bonds is 5. The third-order valence-corrected chi connectivity index (χ3v) is 4.83. The molecule has 0 saturated heterocycles. The van der Waals surface area contributed by atoms with Crippen LogP contribution in [0.2, 0.25) is 0 Å². The number of nitrogens with zero attached hydrogens (tertiary/aromatic N) is 2. The molecule has 0 aliphatic carbocycles. The monoisotopic (exact) mass is 364 g/mol. The maximum atomic E-state index is 2.33. The Balaban J connectivity index is 2.01. The first-order chi connectivity index (χ1) is 13.8. The molecule has 0 spiro atoms. The van der Waals surface area contributed by atoms with Crippen molar-refractivity contribution in [2.75, 3.05) is 23.9 Å². The Morgan fingerprint density at radius 2 is 0.929 bits per heavy atom. The molecule has 0 N–H and O–H groups in total. The van der Waals surface area contributed by atoms with Crippen LogP contribution in [0.3, 0.4) is 0 Å². The van der Waals surface area contributed by atoms with Crippen molar-refractivity contribution in [1.82, 2.24) is 0 Å². The molecule has 4 aromatic carbocycles. The highest BCUT2D eigenvalue weighted by Crippen LogP contribution is 2.44. The van der Waals surface area contributed by atoms with Gasteiger partial charge in [0.15, 0.2) is 0 Å². The second-order valence-corrected chi connectivity index (χ2v) is 6.94. The molecule has 2 heteroatoms. The molecule has 4 aromatic rings. The molecule has 0 heterocycles. The summed E-state index contributed by atoms with van der Waals surface area (Å²) in [5.74, 6) is 0. The van der Waals surface area contributed by atoms with Gasteiger partial charge in [0.2, 0.25) is 0 Å². The van der Waals surface area contributed by atoms with E-state index in [-0.39, 0.29) is 0 Å². The Hall–Kier alpha value is -3.52. The molecule has 0 aliphatic heterocycles. The molecule has 0 fully saturated rings. The quantitative estimate of drug-likeness (QED) is 0.380. The van der Waals surface area contributed by atoms with E-state index in [4.69, 9.17) is 0 Å². The molecule has 0 saturated carbocycles. The van der Waals surface area contributed by atoms with Gasteiger partial charge in [-0.05, 0) is 42.0 Å². The van der Waals surface area contributed by atoms with Gasteiger partial charge >= 0.3 is 0 Å². The Morgan fingerprint density at radius 1 is 0.464 bits per heavy atom. The summed E-state index contributed by atoms with van der Waals surface area (Å²) in [7, 11) is 4.20. The molecular formula is C26H24N2. The highest BCUT2D eigenvalue weighted by Gasteiger charge is 2.19. The lowest BCUT2D eigenvalue weighted by molar-refractivity contribution is 1.13. The van der Waals surface area contributed by atoms with Crippen molar-refractivity contribution >= 4 is 22.7 Å². The largest absolute Gasteiger partial charge is 0.377 e. The van der Waals surface area contributed by atoms with E-state index in [9.17, 15) is 0 Å². The molecule has 0 unspecified atom stereocenters. The molecule has 2 nitrogen and oxygen atoms in total. The van der Waals surface area contributed by atoms with E-state index < -0.39 is 0 Å². The van der Waals surface area contributed by atoms with Crippen molar-refractivity contribution < 1.29 is 0 Å². The van der Waals surface area contributed by atoms with Gasteiger partial charge in [-0.3, -0.25) is 0 Å². The molecule has 0 radical (unpaired) electrons. The van der Waals surface area contributed by atoms with E-state index in [1.807, 2.05) is 0 Å². The topological polar surface area (TPSA) is 6.48 Å². The molecule has 0 amide bonds. The summed E-state index contributed by atoms with van der Waals surface area (Å²) in [4.78, 5) is 4.51. The summed E-state index contributed by atoms with van der Waals surface area (Å²) in [6, 6.07) is 38.2. The Morgan fingerprint density at radius 3 is 1.43 bits per heavy atom. The zero-order valence-corrected chi connectivity index (χ0v) is 16.3. The number of anilines is 4. The van der Waals surface area contributed by atoms with Gasteiger partial charge < -0.3 is 9.80 Å². The number of hydrogen-bond donors (Lipinski definition) is 0. The first-order valence-corrected chi connectivity index (χ1v) is 9.51. The molecule has 0 bridgehead atoms. The minimum absolute atomic E-state index is 1.14. The van der Waals surface area contributed by atoms with Crippen LogP contribution in [0.1, 0.15) is 0 Å². The van der Waals surface area contributed by atoms with Crippen LogP contribution >= 0.6 is 0 Å². The normalized spacial score (nSPS) is 10.5. The third kappa shape index (κ3) is 3.49. The minimum atomic E-state index is 1.14. The number of benzene rings is 4. The maximum absolute atomic E-state index is 2.33. The van der Waals surface area contributed by atoms with Crippen LogP contribution in [0.5, 0.6) is 0 Å². The fourth-order valence-corrected chi connectivity index (χ4v) is 3.57. The first kappa shape index (κ1) is 17.9. The van der Waals surface area contributed by atoms with E-state index in [0.29, 0.717) is 0 Å². The van der Waals surface area contributed by atoms with Gasteiger partial charge in [-0.15, -0.1) is 0 Å². The first-order valence-electron chi connectivity index (χ1n) is 9.51. The summed E-state index contributed by atoms with van der Waals surface area (Å²) in [6.45, 7) is 0. The maximum Gasteiger partial charge on any atom is 0.0560 e. The lowest BCUT2D eigenvalue weighted by Crippen LogP contribution is -2.15. The molecule has 0 atom stereocenters. The van der Waals surface area contributed by atoms with Gasteiger partial charge in [0.1, 0.15) is 0 Å². The van der Waals surface area contributed by atoms with Crippen LogP contribution in [0.4, 0.5) is 22.7 Å². The lowest BCUT2D eigenvalue weighted by Gasteiger charge is -2.30. The predicted molar refractivity (Wildman–Crippen MR) is 121 cm³/mol. The highest BCUT2D eigenvalue weighted by molar-refractivity contribution is 5.94. The van der Waals surface area contributed by atoms with Gasteiger partial charge in [-0.1, -0.05) is 72.8 Å². The highest BCUT2D eigenvalue weighted by atomic mass is 15.2. The Labute approximate surface area is 167 Å². The number of para-hydroxylation sites is 2. The van der Waals surface area contributed by atoms with Gasteiger partial charge in [0, 0.05) is 36.7 Å². The predicted octanol–water partition coefficient (Wildman–Crippen LogP) is 6.89. The van der Waals surface area contributed by atoms with Crippen LogP contribution in [0.15, 0.2) is 109 Å². The lowest BCUT2D eigenvalue weighted by atomic mass is 9.99. The Bertz CT molecular complexity index is 986. The van der Waals surface area contributed by atoms with Crippen molar-refractivity contribution in [3.63, 3.8) is 0 Å². The second kappa shape index (κ2) is 8.01. The van der Waals surface area contributed by atoms with Crippen molar-refractivity contribution in [2.24, 2.45) is 0 Å². The average Bonchev–Trinajstić information content (AvgIpc) is 2.76. The SMILES string of the molecule is CN(C)c1cccc(N(c2ccccc2)c2ccccc2)c1-c1ccccc1. The smallest absolute Gasteiger partial charge is 0.0560 e.